The minimum absolute atomic E-state index is 0.439. The monoisotopic (exact) mass is 522 g/mol. The van der Waals surface area contributed by atoms with Crippen LogP contribution in [0.25, 0.3) is 0 Å². The standard InChI is InChI=1S/C24H51N.C3H8NO5P/c1-3-5-7-9-11-13-15-17-19-21-23-25-24-22-20-18-16-14-12-10-8-6-4-2;5-3(6)1-4-2-10(7,8)9/h25H,3-24H2,1-2H3;4H,1-2H2,(H,5,6)(H2,7,8,9). The fourth-order valence-electron chi connectivity index (χ4n) is 3.91. The summed E-state index contributed by atoms with van der Waals surface area (Å²) in [4.78, 5) is 26.1. The van der Waals surface area contributed by atoms with Crippen molar-refractivity contribution in [1.29, 1.82) is 0 Å². The minimum Gasteiger partial charge on any atom is -0.480 e. The molecular formula is C27H59N2O5P. The quantitative estimate of drug-likeness (QED) is 0.0601. The Kier molecular flexibility index (Phi) is 31.2. The van der Waals surface area contributed by atoms with Crippen molar-refractivity contribution >= 4 is 13.6 Å². The highest BCUT2D eigenvalue weighted by Crippen LogP contribution is 2.31. The number of unbranched alkanes of at least 4 members (excludes halogenated alkanes) is 18. The van der Waals surface area contributed by atoms with Crippen LogP contribution in [-0.4, -0.2) is 46.8 Å². The molecule has 0 radical (unpaired) electrons. The van der Waals surface area contributed by atoms with Crippen LogP contribution >= 0.6 is 7.60 Å². The molecule has 0 spiro atoms. The molecule has 5 N–H and O–H groups in total. The summed E-state index contributed by atoms with van der Waals surface area (Å²) >= 11 is 0. The number of aliphatic carboxylic acids is 1. The molecule has 212 valence electrons. The summed E-state index contributed by atoms with van der Waals surface area (Å²) in [5.74, 6) is -1.14. The number of carbonyl (C=O) groups is 1. The number of rotatable bonds is 26. The van der Waals surface area contributed by atoms with Crippen LogP contribution < -0.4 is 10.6 Å². The summed E-state index contributed by atoms with van der Waals surface area (Å²) in [5.41, 5.74) is 0. The minimum atomic E-state index is -4.10. The van der Waals surface area contributed by atoms with Crippen LogP contribution in [0.1, 0.15) is 142 Å². The average molecular weight is 523 g/mol. The molecule has 0 atom stereocenters. The third-order valence-corrected chi connectivity index (χ3v) is 6.64. The Morgan fingerprint density at radius 3 is 1.17 bits per heavy atom. The third kappa shape index (κ3) is 41.0. The SMILES string of the molecule is CCCCCCCCCCCCNCCCCCCCCCCCC.O=C(O)CNCP(=O)(O)O. The molecule has 0 aromatic rings. The van der Waals surface area contributed by atoms with Crippen LogP contribution in [0, 0.1) is 0 Å². The van der Waals surface area contributed by atoms with Crippen molar-refractivity contribution in [2.45, 2.75) is 142 Å². The first-order valence-electron chi connectivity index (χ1n) is 14.5. The van der Waals surface area contributed by atoms with Crippen LogP contribution in [0.4, 0.5) is 0 Å². The van der Waals surface area contributed by atoms with Gasteiger partial charge < -0.3 is 20.2 Å². The number of hydrogen-bond acceptors (Lipinski definition) is 4. The summed E-state index contributed by atoms with van der Waals surface area (Å²) in [6.07, 6.45) is 28.2. The summed E-state index contributed by atoms with van der Waals surface area (Å²) in [6.45, 7) is 6.64. The van der Waals surface area contributed by atoms with Gasteiger partial charge in [0.05, 0.1) is 12.8 Å². The summed E-state index contributed by atoms with van der Waals surface area (Å²) < 4.78 is 10.1. The van der Waals surface area contributed by atoms with E-state index in [1.165, 1.54) is 142 Å². The van der Waals surface area contributed by atoms with E-state index < -0.39 is 26.4 Å². The molecule has 0 amide bonds. The van der Waals surface area contributed by atoms with Crippen LogP contribution in [0.5, 0.6) is 0 Å². The molecule has 0 aliphatic carbocycles. The Morgan fingerprint density at radius 2 is 0.886 bits per heavy atom. The largest absolute Gasteiger partial charge is 0.480 e. The predicted molar refractivity (Wildman–Crippen MR) is 149 cm³/mol. The number of nitrogens with one attached hydrogen (secondary N) is 2. The van der Waals surface area contributed by atoms with E-state index in [2.05, 4.69) is 24.5 Å². The molecule has 0 aromatic heterocycles. The fraction of sp³-hybridized carbons (Fsp3) is 0.963. The lowest BCUT2D eigenvalue weighted by molar-refractivity contribution is -0.135. The summed E-state index contributed by atoms with van der Waals surface area (Å²) in [6, 6.07) is 0. The van der Waals surface area contributed by atoms with E-state index in [9.17, 15) is 9.36 Å². The zero-order valence-electron chi connectivity index (χ0n) is 23.1. The molecule has 0 aliphatic rings. The topological polar surface area (TPSA) is 119 Å². The lowest BCUT2D eigenvalue weighted by atomic mass is 10.1. The van der Waals surface area contributed by atoms with Gasteiger partial charge >= 0.3 is 13.6 Å². The van der Waals surface area contributed by atoms with Gasteiger partial charge in [0.25, 0.3) is 0 Å². The van der Waals surface area contributed by atoms with Gasteiger partial charge in [-0.25, -0.2) is 0 Å². The van der Waals surface area contributed by atoms with E-state index in [4.69, 9.17) is 14.9 Å². The van der Waals surface area contributed by atoms with Crippen molar-refractivity contribution in [2.75, 3.05) is 25.9 Å². The molecule has 0 saturated heterocycles. The maximum Gasteiger partial charge on any atom is 0.339 e. The first kappa shape index (κ1) is 36.7. The number of carboxylic acids is 1. The van der Waals surface area contributed by atoms with E-state index in [1.807, 2.05) is 0 Å². The Labute approximate surface area is 216 Å². The van der Waals surface area contributed by atoms with Crippen molar-refractivity contribution in [3.63, 3.8) is 0 Å². The van der Waals surface area contributed by atoms with Gasteiger partial charge in [-0.3, -0.25) is 14.7 Å². The highest BCUT2D eigenvalue weighted by atomic mass is 31.2. The van der Waals surface area contributed by atoms with Crippen molar-refractivity contribution in [3.8, 4) is 0 Å². The van der Waals surface area contributed by atoms with Gasteiger partial charge in [-0.1, -0.05) is 129 Å². The van der Waals surface area contributed by atoms with E-state index in [0.717, 1.165) is 0 Å². The van der Waals surface area contributed by atoms with E-state index >= 15 is 0 Å². The summed E-state index contributed by atoms with van der Waals surface area (Å²) in [5, 5.41) is 13.7. The first-order valence-corrected chi connectivity index (χ1v) is 16.3. The Hall–Kier alpha value is -0.460. The van der Waals surface area contributed by atoms with Gasteiger partial charge in [0.2, 0.25) is 0 Å². The second-order valence-corrected chi connectivity index (χ2v) is 11.4. The maximum absolute atomic E-state index is 10.1. The third-order valence-electron chi connectivity index (χ3n) is 6.01. The normalized spacial score (nSPS) is 11.3. The van der Waals surface area contributed by atoms with Crippen LogP contribution in [0.15, 0.2) is 0 Å². The molecule has 0 bridgehead atoms. The molecular weight excluding hydrogens is 463 g/mol. The lowest BCUT2D eigenvalue weighted by Crippen LogP contribution is -2.23. The second-order valence-electron chi connectivity index (χ2n) is 9.76. The average Bonchev–Trinajstić information content (AvgIpc) is 2.79. The number of carboxylic acid groups (broad SMARTS) is 1. The zero-order chi connectivity index (χ0) is 26.5. The van der Waals surface area contributed by atoms with E-state index in [0.29, 0.717) is 0 Å². The molecule has 0 rings (SSSR count). The number of hydrogen-bond donors (Lipinski definition) is 5. The molecule has 35 heavy (non-hydrogen) atoms. The molecule has 0 fully saturated rings. The van der Waals surface area contributed by atoms with Crippen LogP contribution in [-0.2, 0) is 9.36 Å². The smallest absolute Gasteiger partial charge is 0.339 e. The van der Waals surface area contributed by atoms with Crippen LogP contribution in [0.3, 0.4) is 0 Å². The van der Waals surface area contributed by atoms with Gasteiger partial charge in [-0.05, 0) is 25.9 Å². The predicted octanol–water partition coefficient (Wildman–Crippen LogP) is 7.21. The Morgan fingerprint density at radius 1 is 0.571 bits per heavy atom. The Bertz CT molecular complexity index is 452. The molecule has 0 aromatic carbocycles. The van der Waals surface area contributed by atoms with Crippen molar-refractivity contribution in [2.24, 2.45) is 0 Å². The zero-order valence-corrected chi connectivity index (χ0v) is 24.0. The van der Waals surface area contributed by atoms with Gasteiger partial charge in [0.1, 0.15) is 0 Å². The highest BCUT2D eigenvalue weighted by molar-refractivity contribution is 7.51. The first-order chi connectivity index (χ1) is 16.8. The molecule has 0 unspecified atom stereocenters. The highest BCUT2D eigenvalue weighted by Gasteiger charge is 2.11. The van der Waals surface area contributed by atoms with E-state index in [1.54, 1.807) is 0 Å². The van der Waals surface area contributed by atoms with Gasteiger partial charge in [0, 0.05) is 0 Å². The van der Waals surface area contributed by atoms with Gasteiger partial charge in [0.15, 0.2) is 0 Å². The summed E-state index contributed by atoms with van der Waals surface area (Å²) in [7, 11) is -4.10. The Balaban J connectivity index is 0. The van der Waals surface area contributed by atoms with Crippen molar-refractivity contribution in [3.05, 3.63) is 0 Å². The van der Waals surface area contributed by atoms with Crippen molar-refractivity contribution < 1.29 is 24.3 Å². The molecule has 0 heterocycles. The molecule has 0 aliphatic heterocycles. The van der Waals surface area contributed by atoms with Gasteiger partial charge in [-0.15, -0.1) is 0 Å². The maximum atomic E-state index is 10.1. The fourth-order valence-corrected chi connectivity index (χ4v) is 4.31. The van der Waals surface area contributed by atoms with Crippen LogP contribution in [0.2, 0.25) is 0 Å². The van der Waals surface area contributed by atoms with Gasteiger partial charge in [-0.2, -0.15) is 0 Å². The van der Waals surface area contributed by atoms with Crippen molar-refractivity contribution in [1.82, 2.24) is 10.6 Å². The molecule has 0 saturated carbocycles. The molecule has 7 nitrogen and oxygen atoms in total. The molecule has 8 heteroatoms. The second kappa shape index (κ2) is 29.8. The van der Waals surface area contributed by atoms with E-state index in [-0.39, 0.29) is 0 Å². The lowest BCUT2D eigenvalue weighted by Gasteiger charge is -2.05.